The highest BCUT2D eigenvalue weighted by atomic mass is 16.5. The van der Waals surface area contributed by atoms with Gasteiger partial charge in [0.25, 0.3) is 0 Å². The molecule has 94 valence electrons. The molecule has 0 aliphatic carbocycles. The molecule has 0 N–H and O–H groups in total. The molecule has 0 saturated carbocycles. The molecule has 2 aromatic carbocycles. The molecule has 0 radical (unpaired) electrons. The van der Waals surface area contributed by atoms with E-state index in [1.165, 1.54) is 0 Å². The molecule has 2 aromatic rings. The Morgan fingerprint density at radius 1 is 0.947 bits per heavy atom. The van der Waals surface area contributed by atoms with Gasteiger partial charge in [-0.1, -0.05) is 67.2 Å². The second-order valence-electron chi connectivity index (χ2n) is 3.91. The fraction of sp³-hybridized carbons (Fsp3) is 0. The van der Waals surface area contributed by atoms with Gasteiger partial charge in [0.15, 0.2) is 0 Å². The van der Waals surface area contributed by atoms with Crippen LogP contribution in [0.1, 0.15) is 11.1 Å². The van der Waals surface area contributed by atoms with Gasteiger partial charge >= 0.3 is 5.97 Å². The maximum absolute atomic E-state index is 12.0. The van der Waals surface area contributed by atoms with E-state index in [-0.39, 0.29) is 0 Å². The first kappa shape index (κ1) is 12.8. The minimum atomic E-state index is -0.412. The summed E-state index contributed by atoms with van der Waals surface area (Å²) in [5.74, 6) is -0.412. The Hall–Kier alpha value is -2.61. The summed E-state index contributed by atoms with van der Waals surface area (Å²) in [6.45, 7) is 3.41. The molecule has 0 heterocycles. The quantitative estimate of drug-likeness (QED) is 0.356. The lowest BCUT2D eigenvalue weighted by molar-refractivity contribution is -0.131. The van der Waals surface area contributed by atoms with E-state index in [0.29, 0.717) is 5.57 Å². The zero-order valence-electron chi connectivity index (χ0n) is 10.5. The van der Waals surface area contributed by atoms with Crippen LogP contribution in [0.25, 0.3) is 11.6 Å². The number of hydrogen-bond donors (Lipinski definition) is 0. The molecule has 19 heavy (non-hydrogen) atoms. The monoisotopic (exact) mass is 250 g/mol. The van der Waals surface area contributed by atoms with Crippen LogP contribution in [0.2, 0.25) is 0 Å². The molecule has 2 nitrogen and oxygen atoms in total. The number of benzene rings is 2. The van der Waals surface area contributed by atoms with E-state index in [9.17, 15) is 4.79 Å². The summed E-state index contributed by atoms with van der Waals surface area (Å²) in [5, 5.41) is 0. The minimum absolute atomic E-state index is 0.412. The Morgan fingerprint density at radius 2 is 1.53 bits per heavy atom. The Labute approximate surface area is 112 Å². The molecular formula is C17H14O2. The van der Waals surface area contributed by atoms with Crippen LogP contribution in [-0.4, -0.2) is 5.97 Å². The second kappa shape index (κ2) is 6.36. The molecule has 0 amide bonds. The van der Waals surface area contributed by atoms with Crippen molar-refractivity contribution < 1.29 is 9.53 Å². The zero-order chi connectivity index (χ0) is 13.5. The van der Waals surface area contributed by atoms with Crippen molar-refractivity contribution in [2.75, 3.05) is 0 Å². The van der Waals surface area contributed by atoms with Crippen molar-refractivity contribution in [1.82, 2.24) is 0 Å². The van der Waals surface area contributed by atoms with Gasteiger partial charge in [0.1, 0.15) is 0 Å². The Morgan fingerprint density at radius 3 is 2.11 bits per heavy atom. The van der Waals surface area contributed by atoms with E-state index in [2.05, 4.69) is 6.58 Å². The fourth-order valence-electron chi connectivity index (χ4n) is 1.73. The molecule has 0 aliphatic heterocycles. The normalized spacial score (nSPS) is 10.8. The van der Waals surface area contributed by atoms with Crippen LogP contribution in [0.5, 0.6) is 0 Å². The number of rotatable bonds is 4. The average Bonchev–Trinajstić information content (AvgIpc) is 2.47. The van der Waals surface area contributed by atoms with Crippen LogP contribution < -0.4 is 0 Å². The molecule has 0 aromatic heterocycles. The lowest BCUT2D eigenvalue weighted by Gasteiger charge is -2.06. The predicted octanol–water partition coefficient (Wildman–Crippen LogP) is 3.91. The molecule has 2 heteroatoms. The van der Waals surface area contributed by atoms with E-state index in [4.69, 9.17) is 4.74 Å². The molecular weight excluding hydrogens is 236 g/mol. The predicted molar refractivity (Wildman–Crippen MR) is 77.0 cm³/mol. The number of hydrogen-bond acceptors (Lipinski definition) is 2. The minimum Gasteiger partial charge on any atom is -0.432 e. The van der Waals surface area contributed by atoms with Gasteiger partial charge < -0.3 is 4.74 Å². The summed E-state index contributed by atoms with van der Waals surface area (Å²) >= 11 is 0. The number of ether oxygens (including phenoxy) is 1. The van der Waals surface area contributed by atoms with Gasteiger partial charge in [-0.2, -0.15) is 0 Å². The van der Waals surface area contributed by atoms with Gasteiger partial charge in [-0.05, 0) is 17.2 Å². The summed E-state index contributed by atoms with van der Waals surface area (Å²) < 4.78 is 4.89. The standard InChI is InChI=1S/C17H14O2/c1-2-19-17(18)16(15-11-7-4-8-12-15)13-14-9-5-3-6-10-14/h2-13H,1H2/b16-13+. The summed E-state index contributed by atoms with van der Waals surface area (Å²) in [6.07, 6.45) is 2.95. The van der Waals surface area contributed by atoms with Crippen molar-refractivity contribution in [3.63, 3.8) is 0 Å². The van der Waals surface area contributed by atoms with E-state index < -0.39 is 5.97 Å². The molecule has 0 unspecified atom stereocenters. The summed E-state index contributed by atoms with van der Waals surface area (Å²) in [7, 11) is 0. The number of carbonyl (C=O) groups excluding carboxylic acids is 1. The van der Waals surface area contributed by atoms with Gasteiger partial charge in [-0.3, -0.25) is 0 Å². The maximum atomic E-state index is 12.0. The van der Waals surface area contributed by atoms with Crippen molar-refractivity contribution in [2.24, 2.45) is 0 Å². The first-order valence-corrected chi connectivity index (χ1v) is 5.95. The fourth-order valence-corrected chi connectivity index (χ4v) is 1.73. The Kier molecular flexibility index (Phi) is 4.29. The highest BCUT2D eigenvalue weighted by Gasteiger charge is 2.12. The van der Waals surface area contributed by atoms with Crippen molar-refractivity contribution in [3.05, 3.63) is 84.6 Å². The first-order chi connectivity index (χ1) is 9.31. The third-order valence-electron chi connectivity index (χ3n) is 2.61. The topological polar surface area (TPSA) is 26.3 Å². The number of esters is 1. The molecule has 0 aliphatic rings. The lowest BCUT2D eigenvalue weighted by atomic mass is 10.0. The summed E-state index contributed by atoms with van der Waals surface area (Å²) in [6, 6.07) is 19.1. The zero-order valence-corrected chi connectivity index (χ0v) is 10.5. The molecule has 0 bridgehead atoms. The van der Waals surface area contributed by atoms with Gasteiger partial charge in [0.2, 0.25) is 0 Å². The van der Waals surface area contributed by atoms with E-state index in [1.54, 1.807) is 6.08 Å². The number of carbonyl (C=O) groups is 1. The average molecular weight is 250 g/mol. The van der Waals surface area contributed by atoms with Gasteiger partial charge in [-0.15, -0.1) is 0 Å². The van der Waals surface area contributed by atoms with Crippen LogP contribution in [0.4, 0.5) is 0 Å². The summed E-state index contributed by atoms with van der Waals surface area (Å²) in [4.78, 5) is 12.0. The van der Waals surface area contributed by atoms with E-state index in [1.807, 2.05) is 60.7 Å². The molecule has 0 spiro atoms. The third-order valence-corrected chi connectivity index (χ3v) is 2.61. The third kappa shape index (κ3) is 3.42. The Balaban J connectivity index is 2.43. The van der Waals surface area contributed by atoms with Crippen molar-refractivity contribution in [3.8, 4) is 0 Å². The maximum Gasteiger partial charge on any atom is 0.343 e. The van der Waals surface area contributed by atoms with Crippen molar-refractivity contribution >= 4 is 17.6 Å². The summed E-state index contributed by atoms with van der Waals surface area (Å²) in [5.41, 5.74) is 2.27. The Bertz CT molecular complexity index is 583. The molecule has 0 atom stereocenters. The van der Waals surface area contributed by atoms with Crippen LogP contribution >= 0.6 is 0 Å². The van der Waals surface area contributed by atoms with Gasteiger partial charge in [0.05, 0.1) is 11.8 Å². The van der Waals surface area contributed by atoms with Gasteiger partial charge in [0, 0.05) is 0 Å². The van der Waals surface area contributed by atoms with Crippen LogP contribution in [0, 0.1) is 0 Å². The van der Waals surface area contributed by atoms with Crippen LogP contribution in [-0.2, 0) is 9.53 Å². The van der Waals surface area contributed by atoms with Gasteiger partial charge in [-0.25, -0.2) is 4.79 Å². The molecule has 2 rings (SSSR count). The first-order valence-electron chi connectivity index (χ1n) is 5.95. The SMILES string of the molecule is C=COC(=O)/C(=C/c1ccccc1)c1ccccc1. The van der Waals surface area contributed by atoms with Crippen LogP contribution in [0.3, 0.4) is 0 Å². The van der Waals surface area contributed by atoms with Crippen molar-refractivity contribution in [2.45, 2.75) is 0 Å². The molecule has 0 saturated heterocycles. The highest BCUT2D eigenvalue weighted by molar-refractivity contribution is 6.21. The van der Waals surface area contributed by atoms with E-state index in [0.717, 1.165) is 17.4 Å². The molecule has 0 fully saturated rings. The second-order valence-corrected chi connectivity index (χ2v) is 3.91. The lowest BCUT2D eigenvalue weighted by Crippen LogP contribution is -2.03. The van der Waals surface area contributed by atoms with Crippen molar-refractivity contribution in [1.29, 1.82) is 0 Å². The van der Waals surface area contributed by atoms with Crippen LogP contribution in [0.15, 0.2) is 73.5 Å². The highest BCUT2D eigenvalue weighted by Crippen LogP contribution is 2.19. The van der Waals surface area contributed by atoms with E-state index >= 15 is 0 Å². The smallest absolute Gasteiger partial charge is 0.343 e. The largest absolute Gasteiger partial charge is 0.432 e.